The summed E-state index contributed by atoms with van der Waals surface area (Å²) < 4.78 is 0. The predicted molar refractivity (Wildman–Crippen MR) is 21.4 cm³/mol. The van der Waals surface area contributed by atoms with Crippen molar-refractivity contribution in [3.05, 3.63) is 0 Å². The van der Waals surface area contributed by atoms with Crippen molar-refractivity contribution in [3.8, 4) is 0 Å². The van der Waals surface area contributed by atoms with Gasteiger partial charge in [0.2, 0.25) is 0 Å². The summed E-state index contributed by atoms with van der Waals surface area (Å²) in [6, 6.07) is 0. The van der Waals surface area contributed by atoms with Gasteiger partial charge in [-0.1, -0.05) is 0 Å². The second-order valence-electron chi connectivity index (χ2n) is 1.22. The van der Waals surface area contributed by atoms with E-state index in [-0.39, 0.29) is 0 Å². The van der Waals surface area contributed by atoms with Crippen LogP contribution in [-0.4, -0.2) is 15.4 Å². The summed E-state index contributed by atoms with van der Waals surface area (Å²) in [4.78, 5) is 0. The Kier molecular flexibility index (Phi) is 0.767. The molecule has 0 bridgehead atoms. The van der Waals surface area contributed by atoms with E-state index in [1.807, 2.05) is 0 Å². The average molecular weight is 116 g/mol. The zero-order chi connectivity index (χ0) is 2.83. The van der Waals surface area contributed by atoms with E-state index in [9.17, 15) is 0 Å². The van der Waals surface area contributed by atoms with Crippen molar-refractivity contribution < 1.29 is 0 Å². The molecule has 1 rings (SSSR count). The molecule has 1 saturated heterocycles. The molecule has 1 aliphatic heterocycles. The molecule has 0 nitrogen and oxygen atoms in total. The summed E-state index contributed by atoms with van der Waals surface area (Å²) in [6.07, 6.45) is 1.57. The van der Waals surface area contributed by atoms with Crippen LogP contribution >= 0.6 is 0 Å². The maximum atomic E-state index is 1.66. The van der Waals surface area contributed by atoms with Crippen molar-refractivity contribution in [2.75, 3.05) is 0 Å². The molecular formula is C3H7Ge. The third kappa shape index (κ3) is 0.293. The van der Waals surface area contributed by atoms with Crippen molar-refractivity contribution in [2.24, 2.45) is 0 Å². The number of hydrogen-bond donors (Lipinski definition) is 0. The van der Waals surface area contributed by atoms with Gasteiger partial charge in [0.15, 0.2) is 0 Å². The Morgan fingerprint density at radius 3 is 1.50 bits per heavy atom. The third-order valence-electron chi connectivity index (χ3n) is 0.816. The molecule has 0 atom stereocenters. The minimum atomic E-state index is 0.493. The molecule has 4 heavy (non-hydrogen) atoms. The maximum absolute atomic E-state index is 1.66. The average Bonchev–Trinajstić information content (AvgIpc) is 0.722. The van der Waals surface area contributed by atoms with Crippen molar-refractivity contribution in [1.82, 2.24) is 0 Å². The van der Waals surface area contributed by atoms with Gasteiger partial charge in [0.25, 0.3) is 0 Å². The molecule has 0 unspecified atom stereocenters. The monoisotopic (exact) mass is 117 g/mol. The Morgan fingerprint density at radius 1 is 1.25 bits per heavy atom. The Balaban J connectivity index is 2.00. The predicted octanol–water partition coefficient (Wildman–Crippen LogP) is 0.663. The Hall–Kier alpha value is 0.543. The molecule has 0 amide bonds. The van der Waals surface area contributed by atoms with Crippen LogP contribution in [-0.2, 0) is 0 Å². The van der Waals surface area contributed by atoms with Gasteiger partial charge in [-0.15, -0.1) is 0 Å². The van der Waals surface area contributed by atoms with E-state index in [1.165, 1.54) is 0 Å². The molecule has 0 saturated carbocycles. The zero-order valence-corrected chi connectivity index (χ0v) is 5.12. The van der Waals surface area contributed by atoms with Crippen LogP contribution in [0.4, 0.5) is 0 Å². The fourth-order valence-corrected chi connectivity index (χ4v) is 1.06. The van der Waals surface area contributed by atoms with Gasteiger partial charge in [0, 0.05) is 0 Å². The standard InChI is InChI=1S/C3H7Ge/c1-2-4-3-1/h4H,1-3H2. The summed E-state index contributed by atoms with van der Waals surface area (Å²) in [6.45, 7) is 0. The first-order valence-electron chi connectivity index (χ1n) is 1.82. The minimum absolute atomic E-state index is 0.493. The molecule has 0 aromatic rings. The zero-order valence-electron chi connectivity index (χ0n) is 2.70. The summed E-state index contributed by atoms with van der Waals surface area (Å²) in [5, 5.41) is 3.31. The van der Waals surface area contributed by atoms with Gasteiger partial charge in [0.1, 0.15) is 0 Å². The fraction of sp³-hybridized carbons (Fsp3) is 1.00. The van der Waals surface area contributed by atoms with Crippen molar-refractivity contribution >= 4 is 15.4 Å². The van der Waals surface area contributed by atoms with Crippen molar-refractivity contribution in [1.29, 1.82) is 0 Å². The molecule has 1 fully saturated rings. The van der Waals surface area contributed by atoms with E-state index in [2.05, 4.69) is 0 Å². The summed E-state index contributed by atoms with van der Waals surface area (Å²) in [5.74, 6) is 0. The van der Waals surface area contributed by atoms with Crippen LogP contribution in [0.2, 0.25) is 10.5 Å². The quantitative estimate of drug-likeness (QED) is 0.407. The van der Waals surface area contributed by atoms with E-state index in [4.69, 9.17) is 0 Å². The number of rotatable bonds is 0. The molecular weight excluding hydrogens is 109 g/mol. The molecule has 1 heterocycles. The third-order valence-corrected chi connectivity index (χ3v) is 4.24. The molecule has 0 spiro atoms. The van der Waals surface area contributed by atoms with Crippen molar-refractivity contribution in [3.63, 3.8) is 0 Å². The topological polar surface area (TPSA) is 0 Å². The fourth-order valence-electron chi connectivity index (χ4n) is 0.204. The van der Waals surface area contributed by atoms with Gasteiger partial charge in [0.05, 0.1) is 0 Å². The van der Waals surface area contributed by atoms with Crippen molar-refractivity contribution in [2.45, 2.75) is 16.9 Å². The van der Waals surface area contributed by atoms with E-state index < -0.39 is 0 Å². The van der Waals surface area contributed by atoms with Gasteiger partial charge in [-0.05, 0) is 0 Å². The summed E-state index contributed by atoms with van der Waals surface area (Å²) in [7, 11) is 0. The molecule has 1 aliphatic rings. The molecule has 0 N–H and O–H groups in total. The summed E-state index contributed by atoms with van der Waals surface area (Å²) >= 11 is 0.493. The SMILES string of the molecule is C1[CH2][GeH][CH2]1. The van der Waals surface area contributed by atoms with E-state index in [0.717, 1.165) is 0 Å². The van der Waals surface area contributed by atoms with Gasteiger partial charge in [-0.25, -0.2) is 0 Å². The second-order valence-corrected chi connectivity index (χ2v) is 4.85. The van der Waals surface area contributed by atoms with Crippen LogP contribution in [0, 0.1) is 0 Å². The first-order valence-corrected chi connectivity index (χ1v) is 5.24. The molecule has 1 radical (unpaired) electrons. The molecule has 23 valence electrons. The second kappa shape index (κ2) is 1.11. The van der Waals surface area contributed by atoms with E-state index in [1.54, 1.807) is 16.9 Å². The van der Waals surface area contributed by atoms with Gasteiger partial charge in [-0.3, -0.25) is 0 Å². The van der Waals surface area contributed by atoms with Crippen LogP contribution in [0.1, 0.15) is 6.42 Å². The summed E-state index contributed by atoms with van der Waals surface area (Å²) in [5.41, 5.74) is 0. The van der Waals surface area contributed by atoms with Gasteiger partial charge in [-0.2, -0.15) is 0 Å². The van der Waals surface area contributed by atoms with E-state index >= 15 is 0 Å². The molecule has 0 aliphatic carbocycles. The van der Waals surface area contributed by atoms with Gasteiger partial charge < -0.3 is 0 Å². The Labute approximate surface area is 33.1 Å². The molecule has 0 aromatic heterocycles. The van der Waals surface area contributed by atoms with Crippen LogP contribution in [0.3, 0.4) is 0 Å². The van der Waals surface area contributed by atoms with Crippen LogP contribution < -0.4 is 0 Å². The van der Waals surface area contributed by atoms with E-state index in [0.29, 0.717) is 15.4 Å². The van der Waals surface area contributed by atoms with Crippen LogP contribution in [0.5, 0.6) is 0 Å². The molecule has 1 heteroatoms. The van der Waals surface area contributed by atoms with Crippen LogP contribution in [0.15, 0.2) is 0 Å². The molecule has 0 aromatic carbocycles. The van der Waals surface area contributed by atoms with Crippen LogP contribution in [0.25, 0.3) is 0 Å². The normalized spacial score (nSPS) is 24.0. The van der Waals surface area contributed by atoms with Gasteiger partial charge >= 0.3 is 32.4 Å². The Bertz CT molecular complexity index is 11.2. The first-order chi connectivity index (χ1) is 2.00. The number of hydrogen-bond acceptors (Lipinski definition) is 0. The first kappa shape index (κ1) is 2.76. The Morgan fingerprint density at radius 2 is 1.50 bits per heavy atom.